The first-order valence-electron chi connectivity index (χ1n) is 6.01. The molecule has 2 unspecified atom stereocenters. The van der Waals surface area contributed by atoms with Gasteiger partial charge in [0.15, 0.2) is 6.29 Å². The molecule has 0 bridgehead atoms. The minimum absolute atomic E-state index is 0.0631. The van der Waals surface area contributed by atoms with Gasteiger partial charge in [-0.25, -0.2) is 0 Å². The van der Waals surface area contributed by atoms with Gasteiger partial charge in [-0.2, -0.15) is 0 Å². The molecule has 1 aliphatic rings. The van der Waals surface area contributed by atoms with E-state index in [2.05, 4.69) is 5.92 Å². The van der Waals surface area contributed by atoms with Crippen LogP contribution in [0.3, 0.4) is 0 Å². The van der Waals surface area contributed by atoms with Gasteiger partial charge >= 0.3 is 0 Å². The van der Waals surface area contributed by atoms with Gasteiger partial charge in [-0.1, -0.05) is 25.2 Å². The van der Waals surface area contributed by atoms with E-state index < -0.39 is 0 Å². The summed E-state index contributed by atoms with van der Waals surface area (Å²) in [7, 11) is 0. The van der Waals surface area contributed by atoms with Crippen LogP contribution in [0, 0.1) is 18.3 Å². The molecule has 0 aromatic carbocycles. The molecule has 0 aromatic heterocycles. The monoisotopic (exact) mass is 210 g/mol. The first-order chi connectivity index (χ1) is 7.27. The highest BCUT2D eigenvalue weighted by Gasteiger charge is 2.24. The Morgan fingerprint density at radius 1 is 1.33 bits per heavy atom. The largest absolute Gasteiger partial charge is 0.353 e. The Hall–Kier alpha value is -0.520. The molecule has 0 aliphatic heterocycles. The van der Waals surface area contributed by atoms with Crippen LogP contribution in [0.25, 0.3) is 0 Å². The summed E-state index contributed by atoms with van der Waals surface area (Å²) in [6.45, 7) is 4.55. The van der Waals surface area contributed by atoms with Gasteiger partial charge in [0.2, 0.25) is 0 Å². The van der Waals surface area contributed by atoms with E-state index in [1.807, 2.05) is 13.8 Å². The van der Waals surface area contributed by atoms with E-state index in [1.54, 1.807) is 0 Å². The molecule has 1 saturated carbocycles. The van der Waals surface area contributed by atoms with Crippen LogP contribution in [-0.4, -0.2) is 19.0 Å². The van der Waals surface area contributed by atoms with Crippen molar-refractivity contribution in [1.82, 2.24) is 0 Å². The molecule has 0 aromatic rings. The quantitative estimate of drug-likeness (QED) is 0.513. The minimum Gasteiger partial charge on any atom is -0.353 e. The SMILES string of the molecule is C#CC(OC(C)OCC)C1CCCCC1. The third-order valence-corrected chi connectivity index (χ3v) is 2.98. The summed E-state index contributed by atoms with van der Waals surface area (Å²) in [5.74, 6) is 3.29. The molecule has 2 nitrogen and oxygen atoms in total. The van der Waals surface area contributed by atoms with Crippen LogP contribution >= 0.6 is 0 Å². The summed E-state index contributed by atoms with van der Waals surface area (Å²) < 4.78 is 11.1. The van der Waals surface area contributed by atoms with Crippen molar-refractivity contribution in [3.8, 4) is 12.3 Å². The first-order valence-corrected chi connectivity index (χ1v) is 6.01. The predicted molar refractivity (Wildman–Crippen MR) is 61.4 cm³/mol. The van der Waals surface area contributed by atoms with Gasteiger partial charge in [0.05, 0.1) is 0 Å². The number of rotatable bonds is 5. The molecule has 86 valence electrons. The predicted octanol–water partition coefficient (Wildman–Crippen LogP) is 2.97. The first kappa shape index (κ1) is 12.5. The summed E-state index contributed by atoms with van der Waals surface area (Å²) in [5, 5.41) is 0. The Morgan fingerprint density at radius 3 is 2.53 bits per heavy atom. The molecule has 2 atom stereocenters. The Bertz CT molecular complexity index is 201. The van der Waals surface area contributed by atoms with Crippen molar-refractivity contribution in [2.75, 3.05) is 6.61 Å². The summed E-state index contributed by atoms with van der Waals surface area (Å²) in [5.41, 5.74) is 0. The van der Waals surface area contributed by atoms with E-state index in [0.29, 0.717) is 12.5 Å². The van der Waals surface area contributed by atoms with Gasteiger partial charge in [-0.15, -0.1) is 6.42 Å². The average Bonchev–Trinajstić information content (AvgIpc) is 2.27. The van der Waals surface area contributed by atoms with Crippen LogP contribution in [0.1, 0.15) is 46.0 Å². The fourth-order valence-electron chi connectivity index (χ4n) is 2.20. The van der Waals surface area contributed by atoms with E-state index in [4.69, 9.17) is 15.9 Å². The Labute approximate surface area is 93.3 Å². The molecule has 0 spiro atoms. The highest BCUT2D eigenvalue weighted by Crippen LogP contribution is 2.28. The Balaban J connectivity index is 2.37. The van der Waals surface area contributed by atoms with Crippen molar-refractivity contribution in [2.45, 2.75) is 58.3 Å². The lowest BCUT2D eigenvalue weighted by Gasteiger charge is -2.28. The summed E-state index contributed by atoms with van der Waals surface area (Å²) in [4.78, 5) is 0. The number of hydrogen-bond donors (Lipinski definition) is 0. The van der Waals surface area contributed by atoms with Crippen LogP contribution in [0.4, 0.5) is 0 Å². The topological polar surface area (TPSA) is 18.5 Å². The van der Waals surface area contributed by atoms with Crippen molar-refractivity contribution in [3.63, 3.8) is 0 Å². The number of ether oxygens (including phenoxy) is 2. The van der Waals surface area contributed by atoms with Gasteiger partial charge in [0.1, 0.15) is 6.10 Å². The van der Waals surface area contributed by atoms with Gasteiger partial charge in [0, 0.05) is 6.61 Å². The highest BCUT2D eigenvalue weighted by molar-refractivity contribution is 4.99. The second-order valence-corrected chi connectivity index (χ2v) is 4.14. The molecule has 0 amide bonds. The van der Waals surface area contributed by atoms with E-state index in [0.717, 1.165) is 0 Å². The van der Waals surface area contributed by atoms with E-state index >= 15 is 0 Å². The summed E-state index contributed by atoms with van der Waals surface area (Å²) in [6.07, 6.45) is 11.6. The maximum atomic E-state index is 5.72. The molecular formula is C13H22O2. The van der Waals surface area contributed by atoms with Crippen molar-refractivity contribution >= 4 is 0 Å². The maximum absolute atomic E-state index is 5.72. The molecule has 15 heavy (non-hydrogen) atoms. The molecular weight excluding hydrogens is 188 g/mol. The van der Waals surface area contributed by atoms with E-state index in [-0.39, 0.29) is 12.4 Å². The summed E-state index contributed by atoms with van der Waals surface area (Å²) in [6, 6.07) is 0. The molecule has 0 N–H and O–H groups in total. The normalized spacial score (nSPS) is 21.9. The Morgan fingerprint density at radius 2 is 2.00 bits per heavy atom. The van der Waals surface area contributed by atoms with E-state index in [1.165, 1.54) is 32.1 Å². The smallest absolute Gasteiger partial charge is 0.156 e. The second kappa shape index (κ2) is 6.87. The lowest BCUT2D eigenvalue weighted by atomic mass is 9.85. The van der Waals surface area contributed by atoms with Crippen LogP contribution in [0.5, 0.6) is 0 Å². The maximum Gasteiger partial charge on any atom is 0.156 e. The lowest BCUT2D eigenvalue weighted by Crippen LogP contribution is -2.29. The number of hydrogen-bond acceptors (Lipinski definition) is 2. The number of terminal acetylenes is 1. The van der Waals surface area contributed by atoms with Gasteiger partial charge in [-0.05, 0) is 32.6 Å². The van der Waals surface area contributed by atoms with Crippen molar-refractivity contribution < 1.29 is 9.47 Å². The van der Waals surface area contributed by atoms with Crippen molar-refractivity contribution in [1.29, 1.82) is 0 Å². The molecule has 1 fully saturated rings. The fraction of sp³-hybridized carbons (Fsp3) is 0.846. The molecule has 0 saturated heterocycles. The third kappa shape index (κ3) is 4.24. The fourth-order valence-corrected chi connectivity index (χ4v) is 2.20. The molecule has 2 heteroatoms. The lowest BCUT2D eigenvalue weighted by molar-refractivity contribution is -0.156. The van der Waals surface area contributed by atoms with Crippen LogP contribution in [0.2, 0.25) is 0 Å². The van der Waals surface area contributed by atoms with Gasteiger partial charge in [0.25, 0.3) is 0 Å². The zero-order valence-corrected chi connectivity index (χ0v) is 9.87. The van der Waals surface area contributed by atoms with Crippen LogP contribution < -0.4 is 0 Å². The van der Waals surface area contributed by atoms with Crippen molar-refractivity contribution in [3.05, 3.63) is 0 Å². The zero-order chi connectivity index (χ0) is 11.1. The van der Waals surface area contributed by atoms with E-state index in [9.17, 15) is 0 Å². The molecule has 1 rings (SSSR count). The minimum atomic E-state index is -0.182. The van der Waals surface area contributed by atoms with Crippen LogP contribution in [0.15, 0.2) is 0 Å². The van der Waals surface area contributed by atoms with Crippen molar-refractivity contribution in [2.24, 2.45) is 5.92 Å². The second-order valence-electron chi connectivity index (χ2n) is 4.14. The van der Waals surface area contributed by atoms with Crippen LogP contribution in [-0.2, 0) is 9.47 Å². The zero-order valence-electron chi connectivity index (χ0n) is 9.87. The molecule has 0 radical (unpaired) electrons. The third-order valence-electron chi connectivity index (χ3n) is 2.98. The molecule has 0 heterocycles. The summed E-state index contributed by atoms with van der Waals surface area (Å²) >= 11 is 0. The standard InChI is InChI=1S/C13H22O2/c1-4-13(15-11(3)14-5-2)12-9-7-6-8-10-12/h1,11-13H,5-10H2,2-3H3. The Kier molecular flexibility index (Phi) is 5.75. The molecule has 1 aliphatic carbocycles. The van der Waals surface area contributed by atoms with Gasteiger partial charge < -0.3 is 9.47 Å². The average molecular weight is 210 g/mol. The highest BCUT2D eigenvalue weighted by atomic mass is 16.7. The van der Waals surface area contributed by atoms with Gasteiger partial charge in [-0.3, -0.25) is 0 Å².